The molecule has 2 amide bonds. The number of benzene rings is 1. The Morgan fingerprint density at radius 3 is 2.29 bits per heavy atom. The number of likely N-dealkylation sites (tertiary alicyclic amines) is 1. The van der Waals surface area contributed by atoms with Crippen molar-refractivity contribution in [1.82, 2.24) is 10.2 Å². The lowest BCUT2D eigenvalue weighted by molar-refractivity contribution is -0.116. The zero-order chi connectivity index (χ0) is 20.7. The van der Waals surface area contributed by atoms with Crippen molar-refractivity contribution in [3.63, 3.8) is 0 Å². The molecule has 0 saturated carbocycles. The second kappa shape index (κ2) is 10.3. The van der Waals surface area contributed by atoms with E-state index in [-0.39, 0.29) is 23.9 Å². The molecule has 1 fully saturated rings. The van der Waals surface area contributed by atoms with E-state index < -0.39 is 0 Å². The van der Waals surface area contributed by atoms with E-state index >= 15 is 0 Å². The van der Waals surface area contributed by atoms with E-state index in [4.69, 9.17) is 9.47 Å². The third-order valence-electron chi connectivity index (χ3n) is 5.29. The molecule has 2 N–H and O–H groups in total. The van der Waals surface area contributed by atoms with Crippen molar-refractivity contribution in [2.75, 3.05) is 33.1 Å². The molecule has 1 heterocycles. The topological polar surface area (TPSA) is 79.9 Å². The summed E-state index contributed by atoms with van der Waals surface area (Å²) in [5.41, 5.74) is 0.891. The fourth-order valence-corrected chi connectivity index (χ4v) is 3.76. The van der Waals surface area contributed by atoms with Gasteiger partial charge in [0.25, 0.3) is 5.91 Å². The highest BCUT2D eigenvalue weighted by molar-refractivity contribution is 6.05. The monoisotopic (exact) mass is 391 g/mol. The number of hydrogen-bond donors (Lipinski definition) is 2. The molecule has 156 valence electrons. The van der Waals surface area contributed by atoms with Gasteiger partial charge in [-0.2, -0.15) is 0 Å². The molecule has 0 aromatic heterocycles. The van der Waals surface area contributed by atoms with Crippen molar-refractivity contribution in [3.05, 3.63) is 17.7 Å². The zero-order valence-electron chi connectivity index (χ0n) is 17.6. The van der Waals surface area contributed by atoms with E-state index in [0.717, 1.165) is 32.2 Å². The summed E-state index contributed by atoms with van der Waals surface area (Å²) < 4.78 is 10.8. The van der Waals surface area contributed by atoms with Crippen molar-refractivity contribution in [2.45, 2.75) is 58.0 Å². The summed E-state index contributed by atoms with van der Waals surface area (Å²) in [7, 11) is 4.92. The molecule has 2 unspecified atom stereocenters. The molecular weight excluding hydrogens is 358 g/mol. The van der Waals surface area contributed by atoms with Crippen LogP contribution in [0.2, 0.25) is 0 Å². The molecule has 0 spiro atoms. The van der Waals surface area contributed by atoms with Crippen LogP contribution in [0.4, 0.5) is 5.69 Å². The molecule has 2 atom stereocenters. The molecule has 7 heteroatoms. The Hall–Kier alpha value is -2.28. The van der Waals surface area contributed by atoms with Gasteiger partial charge in [0.2, 0.25) is 5.91 Å². The second-order valence-electron chi connectivity index (χ2n) is 7.35. The average Bonchev–Trinajstić information content (AvgIpc) is 2.67. The van der Waals surface area contributed by atoms with Gasteiger partial charge < -0.3 is 25.0 Å². The van der Waals surface area contributed by atoms with Gasteiger partial charge >= 0.3 is 0 Å². The highest BCUT2D eigenvalue weighted by atomic mass is 16.5. The maximum absolute atomic E-state index is 13.4. The molecule has 7 nitrogen and oxygen atoms in total. The molecule has 1 aromatic carbocycles. The minimum atomic E-state index is -0.128. The Labute approximate surface area is 167 Å². The summed E-state index contributed by atoms with van der Waals surface area (Å²) in [4.78, 5) is 27.7. The lowest BCUT2D eigenvalue weighted by Crippen LogP contribution is -2.47. The van der Waals surface area contributed by atoms with Crippen LogP contribution in [0.15, 0.2) is 12.1 Å². The summed E-state index contributed by atoms with van der Waals surface area (Å²) in [6, 6.07) is 3.65. The van der Waals surface area contributed by atoms with Crippen LogP contribution in [-0.4, -0.2) is 56.6 Å². The van der Waals surface area contributed by atoms with Gasteiger partial charge in [-0.05, 0) is 59.2 Å². The first-order chi connectivity index (χ1) is 13.4. The van der Waals surface area contributed by atoms with Gasteiger partial charge in [-0.1, -0.05) is 0 Å². The Bertz CT molecular complexity index is 682. The Balaban J connectivity index is 2.36. The summed E-state index contributed by atoms with van der Waals surface area (Å²) in [5.74, 6) is 0.725. The first kappa shape index (κ1) is 22.0. The molecule has 28 heavy (non-hydrogen) atoms. The van der Waals surface area contributed by atoms with E-state index in [1.165, 1.54) is 14.2 Å². The molecular formula is C21H33N3O4. The predicted molar refractivity (Wildman–Crippen MR) is 110 cm³/mol. The van der Waals surface area contributed by atoms with Gasteiger partial charge in [0.15, 0.2) is 11.5 Å². The quantitative estimate of drug-likeness (QED) is 0.666. The van der Waals surface area contributed by atoms with Gasteiger partial charge in [-0.15, -0.1) is 0 Å². The van der Waals surface area contributed by atoms with Gasteiger partial charge in [-0.3, -0.25) is 9.59 Å². The van der Waals surface area contributed by atoms with Crippen LogP contribution in [0.3, 0.4) is 0 Å². The number of methoxy groups -OCH3 is 2. The van der Waals surface area contributed by atoms with Crippen LogP contribution in [-0.2, 0) is 4.79 Å². The van der Waals surface area contributed by atoms with Crippen molar-refractivity contribution in [3.8, 4) is 11.5 Å². The fourth-order valence-electron chi connectivity index (χ4n) is 3.76. The highest BCUT2D eigenvalue weighted by Gasteiger charge is 2.32. The third kappa shape index (κ3) is 5.16. The number of rotatable bonds is 8. The molecule has 0 bridgehead atoms. The van der Waals surface area contributed by atoms with Gasteiger partial charge in [0, 0.05) is 24.6 Å². The number of nitrogens with one attached hydrogen (secondary N) is 2. The van der Waals surface area contributed by atoms with E-state index in [9.17, 15) is 9.59 Å². The van der Waals surface area contributed by atoms with Crippen LogP contribution >= 0.6 is 0 Å². The fraction of sp³-hybridized carbons (Fsp3) is 0.619. The molecule has 1 aliphatic heterocycles. The number of piperidine rings is 1. The van der Waals surface area contributed by atoms with Crippen LogP contribution in [0.5, 0.6) is 11.5 Å². The number of anilines is 1. The maximum atomic E-state index is 13.4. The normalized spacial score (nSPS) is 19.2. The molecule has 0 radical (unpaired) electrons. The number of hydrogen-bond acceptors (Lipinski definition) is 5. The van der Waals surface area contributed by atoms with Crippen LogP contribution in [0.1, 0.15) is 56.3 Å². The largest absolute Gasteiger partial charge is 0.493 e. The molecule has 1 saturated heterocycles. The Morgan fingerprint density at radius 1 is 1.11 bits per heavy atom. The summed E-state index contributed by atoms with van der Waals surface area (Å²) in [6.45, 7) is 4.91. The average molecular weight is 392 g/mol. The molecule has 1 aromatic rings. The second-order valence-corrected chi connectivity index (χ2v) is 7.35. The number of nitrogens with zero attached hydrogens (tertiary/aromatic N) is 1. The number of amides is 2. The molecule has 2 rings (SSSR count). The minimum Gasteiger partial charge on any atom is -0.493 e. The van der Waals surface area contributed by atoms with Gasteiger partial charge in [-0.25, -0.2) is 0 Å². The van der Waals surface area contributed by atoms with E-state index in [0.29, 0.717) is 29.2 Å². The Kier molecular flexibility index (Phi) is 8.11. The SMILES string of the molecule is CNCCCC(=O)Nc1cc(OC)c(OC)cc1C(=O)N1C(C)CCCC1C. The number of ether oxygens (including phenoxy) is 2. The van der Waals surface area contributed by atoms with Crippen LogP contribution < -0.4 is 20.1 Å². The van der Waals surface area contributed by atoms with Crippen molar-refractivity contribution in [1.29, 1.82) is 0 Å². The number of carbonyl (C=O) groups excluding carboxylic acids is 2. The third-order valence-corrected chi connectivity index (χ3v) is 5.29. The van der Waals surface area contributed by atoms with Gasteiger partial charge in [0.05, 0.1) is 25.5 Å². The predicted octanol–water partition coefficient (Wildman–Crippen LogP) is 3.05. The van der Waals surface area contributed by atoms with Crippen molar-refractivity contribution < 1.29 is 19.1 Å². The lowest BCUT2D eigenvalue weighted by atomic mass is 9.96. The van der Waals surface area contributed by atoms with E-state index in [2.05, 4.69) is 24.5 Å². The molecule has 1 aliphatic rings. The summed E-state index contributed by atoms with van der Waals surface area (Å²) >= 11 is 0. The van der Waals surface area contributed by atoms with Crippen molar-refractivity contribution >= 4 is 17.5 Å². The first-order valence-electron chi connectivity index (χ1n) is 9.96. The summed E-state index contributed by atoms with van der Waals surface area (Å²) in [6.07, 6.45) is 4.18. The van der Waals surface area contributed by atoms with Crippen molar-refractivity contribution in [2.24, 2.45) is 0 Å². The van der Waals surface area contributed by atoms with Crippen LogP contribution in [0, 0.1) is 0 Å². The van der Waals surface area contributed by atoms with Gasteiger partial charge in [0.1, 0.15) is 0 Å². The van der Waals surface area contributed by atoms with Crippen LogP contribution in [0.25, 0.3) is 0 Å². The summed E-state index contributed by atoms with van der Waals surface area (Å²) in [5, 5.41) is 5.92. The highest BCUT2D eigenvalue weighted by Crippen LogP contribution is 2.35. The zero-order valence-corrected chi connectivity index (χ0v) is 17.6. The molecule has 0 aliphatic carbocycles. The minimum absolute atomic E-state index is 0.0915. The standard InChI is InChI=1S/C21H33N3O4/c1-14-8-6-9-15(2)24(14)21(26)16-12-18(27-4)19(28-5)13-17(16)23-20(25)10-7-11-22-3/h12-15,22H,6-11H2,1-5H3,(H,23,25). The smallest absolute Gasteiger partial charge is 0.256 e. The lowest BCUT2D eigenvalue weighted by Gasteiger charge is -2.39. The van der Waals surface area contributed by atoms with E-state index in [1.807, 2.05) is 11.9 Å². The maximum Gasteiger partial charge on any atom is 0.256 e. The first-order valence-corrected chi connectivity index (χ1v) is 9.96. The van der Waals surface area contributed by atoms with E-state index in [1.54, 1.807) is 12.1 Å². The Morgan fingerprint density at radius 2 is 1.71 bits per heavy atom. The number of carbonyl (C=O) groups is 2.